The van der Waals surface area contributed by atoms with Crippen LogP contribution in [0.25, 0.3) is 0 Å². The summed E-state index contributed by atoms with van der Waals surface area (Å²) >= 11 is 9.44. The molecule has 0 aromatic heterocycles. The van der Waals surface area contributed by atoms with Crippen molar-refractivity contribution in [2.75, 3.05) is 22.4 Å². The summed E-state index contributed by atoms with van der Waals surface area (Å²) in [6, 6.07) is 10.4. The number of amides is 1. The Morgan fingerprint density at radius 1 is 1.25 bits per heavy atom. The quantitative estimate of drug-likeness (QED) is 0.809. The van der Waals surface area contributed by atoms with Crippen LogP contribution < -0.4 is 9.62 Å². The molecule has 3 rings (SSSR count). The van der Waals surface area contributed by atoms with Crippen molar-refractivity contribution in [3.05, 3.63) is 57.0 Å². The van der Waals surface area contributed by atoms with Crippen molar-refractivity contribution >= 4 is 54.8 Å². The zero-order chi connectivity index (χ0) is 17.5. The maximum atomic E-state index is 12.8. The molecule has 0 saturated heterocycles. The van der Waals surface area contributed by atoms with Gasteiger partial charge in [0.05, 0.1) is 17.0 Å². The number of fused-ring (bicyclic) bond motifs is 1. The SMILES string of the molecule is CS(=O)(=O)Nc1cc(C(=O)N2CCc3cc(Br)ccc32)ccc1Cl. The highest BCUT2D eigenvalue weighted by Crippen LogP contribution is 2.32. The Balaban J connectivity index is 1.93. The molecule has 24 heavy (non-hydrogen) atoms. The normalized spacial score (nSPS) is 13.7. The molecule has 0 aliphatic carbocycles. The molecule has 0 bridgehead atoms. The van der Waals surface area contributed by atoms with Crippen molar-refractivity contribution in [1.29, 1.82) is 0 Å². The van der Waals surface area contributed by atoms with Crippen molar-refractivity contribution in [1.82, 2.24) is 0 Å². The maximum Gasteiger partial charge on any atom is 0.258 e. The average Bonchev–Trinajstić information content (AvgIpc) is 2.90. The van der Waals surface area contributed by atoms with Gasteiger partial charge < -0.3 is 4.90 Å². The van der Waals surface area contributed by atoms with Gasteiger partial charge in [-0.2, -0.15) is 0 Å². The lowest BCUT2D eigenvalue weighted by Gasteiger charge is -2.18. The summed E-state index contributed by atoms with van der Waals surface area (Å²) in [7, 11) is -3.48. The monoisotopic (exact) mass is 428 g/mol. The molecule has 2 aromatic rings. The van der Waals surface area contributed by atoms with E-state index in [1.807, 2.05) is 18.2 Å². The van der Waals surface area contributed by atoms with Gasteiger partial charge in [-0.1, -0.05) is 27.5 Å². The number of nitrogens with one attached hydrogen (secondary N) is 1. The lowest BCUT2D eigenvalue weighted by molar-refractivity contribution is 0.0989. The molecule has 1 aliphatic heterocycles. The summed E-state index contributed by atoms with van der Waals surface area (Å²) in [5.41, 5.74) is 2.54. The first-order valence-electron chi connectivity index (χ1n) is 7.12. The molecule has 0 radical (unpaired) electrons. The summed E-state index contributed by atoms with van der Waals surface area (Å²) in [5.74, 6) is -0.190. The topological polar surface area (TPSA) is 66.5 Å². The van der Waals surface area contributed by atoms with E-state index >= 15 is 0 Å². The molecule has 0 atom stereocenters. The zero-order valence-electron chi connectivity index (χ0n) is 12.7. The van der Waals surface area contributed by atoms with Crippen molar-refractivity contribution in [2.45, 2.75) is 6.42 Å². The molecule has 5 nitrogen and oxygen atoms in total. The Labute approximate surface area is 153 Å². The van der Waals surface area contributed by atoms with Crippen LogP contribution in [0.2, 0.25) is 5.02 Å². The number of benzene rings is 2. The summed E-state index contributed by atoms with van der Waals surface area (Å²) in [6.07, 6.45) is 1.81. The van der Waals surface area contributed by atoms with Gasteiger partial charge in [-0.05, 0) is 48.4 Å². The Morgan fingerprint density at radius 2 is 2.00 bits per heavy atom. The minimum Gasteiger partial charge on any atom is -0.308 e. The fourth-order valence-corrected chi connectivity index (χ4v) is 3.87. The number of sulfonamides is 1. The third-order valence-electron chi connectivity index (χ3n) is 3.69. The van der Waals surface area contributed by atoms with Crippen LogP contribution in [-0.2, 0) is 16.4 Å². The van der Waals surface area contributed by atoms with Crippen LogP contribution in [0.1, 0.15) is 15.9 Å². The largest absolute Gasteiger partial charge is 0.308 e. The molecular weight excluding hydrogens is 416 g/mol. The molecule has 0 saturated carbocycles. The van der Waals surface area contributed by atoms with Crippen LogP contribution >= 0.6 is 27.5 Å². The van der Waals surface area contributed by atoms with Crippen LogP contribution in [0.5, 0.6) is 0 Å². The highest BCUT2D eigenvalue weighted by Gasteiger charge is 2.26. The van der Waals surface area contributed by atoms with Crippen LogP contribution in [0.15, 0.2) is 40.9 Å². The van der Waals surface area contributed by atoms with Crippen molar-refractivity contribution in [3.63, 3.8) is 0 Å². The molecule has 1 N–H and O–H groups in total. The fourth-order valence-electron chi connectivity index (χ4n) is 2.67. The Morgan fingerprint density at radius 3 is 2.71 bits per heavy atom. The fraction of sp³-hybridized carbons (Fsp3) is 0.188. The number of carbonyl (C=O) groups is 1. The van der Waals surface area contributed by atoms with Gasteiger partial charge in [0.25, 0.3) is 5.91 Å². The third kappa shape index (κ3) is 3.58. The van der Waals surface area contributed by atoms with Gasteiger partial charge in [0.1, 0.15) is 0 Å². The van der Waals surface area contributed by atoms with E-state index in [4.69, 9.17) is 11.6 Å². The van der Waals surface area contributed by atoms with Crippen LogP contribution in [-0.4, -0.2) is 27.1 Å². The van der Waals surface area contributed by atoms with E-state index in [0.29, 0.717) is 12.1 Å². The average molecular weight is 430 g/mol. The molecular formula is C16H14BrClN2O3S. The summed E-state index contributed by atoms with van der Waals surface area (Å²) in [4.78, 5) is 14.5. The standard InChI is InChI=1S/C16H14BrClN2O3S/c1-24(22,23)19-14-9-11(2-4-13(14)18)16(21)20-7-6-10-8-12(17)3-5-15(10)20/h2-5,8-9,19H,6-7H2,1H3. The molecule has 0 unspecified atom stereocenters. The Kier molecular flexibility index (Phi) is 4.59. The second kappa shape index (κ2) is 6.38. The molecule has 1 heterocycles. The van der Waals surface area contributed by atoms with Crippen molar-refractivity contribution in [3.8, 4) is 0 Å². The predicted molar refractivity (Wildman–Crippen MR) is 99.4 cm³/mol. The molecule has 2 aromatic carbocycles. The van der Waals surface area contributed by atoms with Crippen molar-refractivity contribution in [2.24, 2.45) is 0 Å². The van der Waals surface area contributed by atoms with Gasteiger partial charge in [0.15, 0.2) is 0 Å². The Bertz CT molecular complexity index is 931. The molecule has 126 valence electrons. The van der Waals surface area contributed by atoms with E-state index in [1.54, 1.807) is 11.0 Å². The van der Waals surface area contributed by atoms with E-state index in [0.717, 1.165) is 28.4 Å². The maximum absolute atomic E-state index is 12.8. The minimum absolute atomic E-state index is 0.190. The highest BCUT2D eigenvalue weighted by molar-refractivity contribution is 9.10. The van der Waals surface area contributed by atoms with E-state index in [1.165, 1.54) is 12.1 Å². The third-order valence-corrected chi connectivity index (χ3v) is 5.10. The number of rotatable bonds is 3. The zero-order valence-corrected chi connectivity index (χ0v) is 15.9. The molecule has 1 aliphatic rings. The smallest absolute Gasteiger partial charge is 0.258 e. The molecule has 0 spiro atoms. The summed E-state index contributed by atoms with van der Waals surface area (Å²) < 4.78 is 26.1. The number of anilines is 2. The Hall–Kier alpha value is -1.57. The van der Waals surface area contributed by atoms with Crippen molar-refractivity contribution < 1.29 is 13.2 Å². The van der Waals surface area contributed by atoms with Gasteiger partial charge >= 0.3 is 0 Å². The highest BCUT2D eigenvalue weighted by atomic mass is 79.9. The summed E-state index contributed by atoms with van der Waals surface area (Å²) in [6.45, 7) is 0.585. The number of nitrogens with zero attached hydrogens (tertiary/aromatic N) is 1. The molecule has 0 fully saturated rings. The van der Waals surface area contributed by atoms with Gasteiger partial charge in [-0.25, -0.2) is 8.42 Å². The van der Waals surface area contributed by atoms with Crippen LogP contribution in [0.4, 0.5) is 11.4 Å². The van der Waals surface area contributed by atoms with E-state index in [9.17, 15) is 13.2 Å². The lowest BCUT2D eigenvalue weighted by atomic mass is 10.1. The number of halogens is 2. The predicted octanol–water partition coefficient (Wildman–Crippen LogP) is 3.68. The van der Waals surface area contributed by atoms with Gasteiger partial charge in [-0.15, -0.1) is 0 Å². The van der Waals surface area contributed by atoms with Crippen LogP contribution in [0.3, 0.4) is 0 Å². The van der Waals surface area contributed by atoms with Gasteiger partial charge in [0.2, 0.25) is 10.0 Å². The van der Waals surface area contributed by atoms with Gasteiger partial charge in [0, 0.05) is 22.3 Å². The first-order valence-corrected chi connectivity index (χ1v) is 10.2. The van der Waals surface area contributed by atoms with Crippen LogP contribution in [0, 0.1) is 0 Å². The van der Waals surface area contributed by atoms with E-state index < -0.39 is 10.0 Å². The second-order valence-corrected chi connectivity index (χ2v) is 8.62. The lowest BCUT2D eigenvalue weighted by Crippen LogP contribution is -2.29. The number of carbonyl (C=O) groups excluding carboxylic acids is 1. The molecule has 1 amide bonds. The molecule has 8 heteroatoms. The second-order valence-electron chi connectivity index (χ2n) is 5.55. The minimum atomic E-state index is -3.48. The number of hydrogen-bond acceptors (Lipinski definition) is 3. The first-order chi connectivity index (χ1) is 11.2. The van der Waals surface area contributed by atoms with Gasteiger partial charge in [-0.3, -0.25) is 9.52 Å². The van der Waals surface area contributed by atoms with E-state index in [-0.39, 0.29) is 16.6 Å². The number of hydrogen-bond donors (Lipinski definition) is 1. The first kappa shape index (κ1) is 17.3. The van der Waals surface area contributed by atoms with E-state index in [2.05, 4.69) is 20.7 Å². The summed E-state index contributed by atoms with van der Waals surface area (Å²) in [5, 5.41) is 0.239.